The van der Waals surface area contributed by atoms with E-state index in [9.17, 15) is 9.18 Å². The van der Waals surface area contributed by atoms with E-state index >= 15 is 0 Å². The third-order valence-corrected chi connectivity index (χ3v) is 3.54. The molecule has 5 heteroatoms. The molecule has 0 spiro atoms. The summed E-state index contributed by atoms with van der Waals surface area (Å²) in [5, 5.41) is 0.479. The monoisotopic (exact) mass is 356 g/mol. The molecule has 2 aromatic rings. The second-order valence-electron chi connectivity index (χ2n) is 4.23. The first-order chi connectivity index (χ1) is 9.47. The molecule has 0 aliphatic heterocycles. The summed E-state index contributed by atoms with van der Waals surface area (Å²) < 4.78 is 19.1. The van der Waals surface area contributed by atoms with Crippen molar-refractivity contribution in [3.05, 3.63) is 62.8 Å². The number of Topliss-reactive ketones (excluding diaryl/α,β-unsaturated/α-hetero) is 1. The van der Waals surface area contributed by atoms with Crippen molar-refractivity contribution in [3.8, 4) is 5.75 Å². The van der Waals surface area contributed by atoms with Crippen LogP contribution >= 0.6 is 27.5 Å². The highest BCUT2D eigenvalue weighted by molar-refractivity contribution is 9.10. The van der Waals surface area contributed by atoms with Gasteiger partial charge >= 0.3 is 0 Å². The van der Waals surface area contributed by atoms with Crippen molar-refractivity contribution in [1.82, 2.24) is 0 Å². The van der Waals surface area contributed by atoms with E-state index in [1.165, 1.54) is 13.0 Å². The fraction of sp³-hybridized carbons (Fsp3) is 0.133. The van der Waals surface area contributed by atoms with E-state index < -0.39 is 0 Å². The van der Waals surface area contributed by atoms with Crippen molar-refractivity contribution in [1.29, 1.82) is 0 Å². The summed E-state index contributed by atoms with van der Waals surface area (Å²) in [4.78, 5) is 11.5. The molecule has 0 N–H and O–H groups in total. The molecule has 104 valence electrons. The van der Waals surface area contributed by atoms with Gasteiger partial charge in [0.25, 0.3) is 0 Å². The molecular formula is C15H11BrClFO2. The van der Waals surface area contributed by atoms with Gasteiger partial charge in [-0.3, -0.25) is 4.79 Å². The second kappa shape index (κ2) is 6.37. The van der Waals surface area contributed by atoms with E-state index in [1.807, 2.05) is 0 Å². The average molecular weight is 358 g/mol. The van der Waals surface area contributed by atoms with Crippen LogP contribution in [0, 0.1) is 5.82 Å². The molecule has 2 aromatic carbocycles. The molecule has 2 nitrogen and oxygen atoms in total. The predicted octanol–water partition coefficient (Wildman–Crippen LogP) is 5.02. The number of ether oxygens (including phenoxy) is 1. The molecule has 0 aliphatic carbocycles. The highest BCUT2D eigenvalue weighted by Gasteiger charge is 2.10. The van der Waals surface area contributed by atoms with Crippen LogP contribution in [0.3, 0.4) is 0 Å². The van der Waals surface area contributed by atoms with Gasteiger partial charge in [0.2, 0.25) is 0 Å². The van der Waals surface area contributed by atoms with Crippen LogP contribution in [0.1, 0.15) is 22.8 Å². The Balaban J connectivity index is 2.18. The number of carbonyl (C=O) groups excluding carboxylic acids is 1. The summed E-state index contributed by atoms with van der Waals surface area (Å²) in [6.45, 7) is 1.69. The molecule has 0 saturated heterocycles. The van der Waals surface area contributed by atoms with Gasteiger partial charge in [-0.2, -0.15) is 0 Å². The van der Waals surface area contributed by atoms with Gasteiger partial charge in [0, 0.05) is 5.02 Å². The topological polar surface area (TPSA) is 26.3 Å². The smallest absolute Gasteiger partial charge is 0.163 e. The molecule has 0 radical (unpaired) electrons. The quantitative estimate of drug-likeness (QED) is 0.718. The standard InChI is InChI=1S/C15H11BrClFO2/c1-9(19)12-7-11(17)3-5-15(12)20-8-10-2-4-14(18)13(16)6-10/h2-7H,8H2,1H3. The molecular weight excluding hydrogens is 347 g/mol. The Hall–Kier alpha value is -1.39. The molecule has 0 heterocycles. The number of halogens is 3. The third-order valence-electron chi connectivity index (χ3n) is 2.70. The van der Waals surface area contributed by atoms with Gasteiger partial charge in [-0.15, -0.1) is 0 Å². The fourth-order valence-electron chi connectivity index (χ4n) is 1.69. The Morgan fingerprint density at radius 3 is 2.70 bits per heavy atom. The molecule has 0 fully saturated rings. The maximum absolute atomic E-state index is 13.1. The molecule has 0 aliphatic rings. The van der Waals surface area contributed by atoms with Crippen molar-refractivity contribution in [3.63, 3.8) is 0 Å². The fourth-order valence-corrected chi connectivity index (χ4v) is 2.29. The number of rotatable bonds is 4. The number of hydrogen-bond acceptors (Lipinski definition) is 2. The average Bonchev–Trinajstić information content (AvgIpc) is 2.41. The Kier molecular flexibility index (Phi) is 4.78. The summed E-state index contributed by atoms with van der Waals surface area (Å²) in [6.07, 6.45) is 0. The van der Waals surface area contributed by atoms with Crippen LogP contribution < -0.4 is 4.74 Å². The summed E-state index contributed by atoms with van der Waals surface area (Å²) in [5.74, 6) is 0.00908. The van der Waals surface area contributed by atoms with Gasteiger partial charge in [0.1, 0.15) is 18.2 Å². The van der Waals surface area contributed by atoms with Crippen molar-refractivity contribution in [2.45, 2.75) is 13.5 Å². The zero-order valence-electron chi connectivity index (χ0n) is 10.6. The number of ketones is 1. The number of hydrogen-bond donors (Lipinski definition) is 0. The van der Waals surface area contributed by atoms with Crippen LogP contribution in [0.5, 0.6) is 5.75 Å². The first-order valence-electron chi connectivity index (χ1n) is 5.84. The molecule has 0 atom stereocenters. The summed E-state index contributed by atoms with van der Waals surface area (Å²) >= 11 is 8.98. The molecule has 0 amide bonds. The maximum atomic E-state index is 13.1. The second-order valence-corrected chi connectivity index (χ2v) is 5.52. The first-order valence-corrected chi connectivity index (χ1v) is 7.01. The van der Waals surface area contributed by atoms with Gasteiger partial charge in [0.15, 0.2) is 5.78 Å². The Morgan fingerprint density at radius 1 is 1.30 bits per heavy atom. The number of benzene rings is 2. The minimum Gasteiger partial charge on any atom is -0.488 e. The van der Waals surface area contributed by atoms with Crippen LogP contribution in [0.4, 0.5) is 4.39 Å². The maximum Gasteiger partial charge on any atom is 0.163 e. The lowest BCUT2D eigenvalue weighted by Crippen LogP contribution is -2.02. The molecule has 20 heavy (non-hydrogen) atoms. The van der Waals surface area contributed by atoms with Crippen LogP contribution in [0.15, 0.2) is 40.9 Å². The highest BCUT2D eigenvalue weighted by atomic mass is 79.9. The Morgan fingerprint density at radius 2 is 2.05 bits per heavy atom. The zero-order chi connectivity index (χ0) is 14.7. The minimum absolute atomic E-state index is 0.122. The van der Waals surface area contributed by atoms with Crippen molar-refractivity contribution >= 4 is 33.3 Å². The predicted molar refractivity (Wildman–Crippen MR) is 79.9 cm³/mol. The SMILES string of the molecule is CC(=O)c1cc(Cl)ccc1OCc1ccc(F)c(Br)c1. The molecule has 0 bridgehead atoms. The third kappa shape index (κ3) is 3.58. The van der Waals surface area contributed by atoms with Crippen LogP contribution in [0.25, 0.3) is 0 Å². The van der Waals surface area contributed by atoms with E-state index in [-0.39, 0.29) is 18.2 Å². The Bertz CT molecular complexity index is 658. The lowest BCUT2D eigenvalue weighted by Gasteiger charge is -2.10. The summed E-state index contributed by atoms with van der Waals surface area (Å²) in [5.41, 5.74) is 1.22. The minimum atomic E-state index is -0.329. The van der Waals surface area contributed by atoms with Gasteiger partial charge in [-0.1, -0.05) is 17.7 Å². The largest absolute Gasteiger partial charge is 0.488 e. The lowest BCUT2D eigenvalue weighted by molar-refractivity contribution is 0.101. The van der Waals surface area contributed by atoms with Crippen molar-refractivity contribution < 1.29 is 13.9 Å². The normalized spacial score (nSPS) is 10.4. The summed E-state index contributed by atoms with van der Waals surface area (Å²) in [6, 6.07) is 9.50. The van der Waals surface area contributed by atoms with Crippen LogP contribution in [-0.2, 0) is 6.61 Å². The van der Waals surface area contributed by atoms with E-state index in [0.717, 1.165) is 5.56 Å². The Labute approximate surface area is 129 Å². The van der Waals surface area contributed by atoms with Crippen LogP contribution in [-0.4, -0.2) is 5.78 Å². The van der Waals surface area contributed by atoms with E-state index in [0.29, 0.717) is 20.8 Å². The van der Waals surface area contributed by atoms with Crippen LogP contribution in [0.2, 0.25) is 5.02 Å². The first kappa shape index (κ1) is 15.0. The van der Waals surface area contributed by atoms with Crippen molar-refractivity contribution in [2.24, 2.45) is 0 Å². The lowest BCUT2D eigenvalue weighted by atomic mass is 10.1. The van der Waals surface area contributed by atoms with Gasteiger partial charge in [0.05, 0.1) is 10.0 Å². The van der Waals surface area contributed by atoms with Gasteiger partial charge in [-0.25, -0.2) is 4.39 Å². The van der Waals surface area contributed by atoms with Gasteiger partial charge in [-0.05, 0) is 58.7 Å². The molecule has 0 unspecified atom stereocenters. The van der Waals surface area contributed by atoms with E-state index in [2.05, 4.69) is 15.9 Å². The molecule has 2 rings (SSSR count). The summed E-state index contributed by atoms with van der Waals surface area (Å²) in [7, 11) is 0. The van der Waals surface area contributed by atoms with Crippen molar-refractivity contribution in [2.75, 3.05) is 0 Å². The number of carbonyl (C=O) groups is 1. The van der Waals surface area contributed by atoms with E-state index in [4.69, 9.17) is 16.3 Å². The van der Waals surface area contributed by atoms with E-state index in [1.54, 1.807) is 30.3 Å². The zero-order valence-corrected chi connectivity index (χ0v) is 13.0. The van der Waals surface area contributed by atoms with Gasteiger partial charge < -0.3 is 4.74 Å². The highest BCUT2D eigenvalue weighted by Crippen LogP contribution is 2.25. The molecule has 0 aromatic heterocycles. The molecule has 0 saturated carbocycles.